The topological polar surface area (TPSA) is 86.8 Å². The molecular formula is C19H21N5O2S. The van der Waals surface area contributed by atoms with E-state index >= 15 is 0 Å². The zero-order valence-corrected chi connectivity index (χ0v) is 16.2. The number of hydrazone groups is 1. The van der Waals surface area contributed by atoms with Gasteiger partial charge in [0.15, 0.2) is 11.0 Å². The summed E-state index contributed by atoms with van der Waals surface area (Å²) in [5, 5.41) is 35.7. The van der Waals surface area contributed by atoms with Crippen LogP contribution in [-0.2, 0) is 0 Å². The van der Waals surface area contributed by atoms with E-state index in [1.807, 2.05) is 38.1 Å². The molecule has 27 heavy (non-hydrogen) atoms. The molecule has 0 bridgehead atoms. The standard InChI is InChI=1S/C19H21N5O2S/c1-10(2)13-7-14(17(26)8-16(13)25)18-20-21-19(27)24(18)12-5-4-11-9-23(3)22-15(11)6-12/h4-8,10-11,25-26H,9H2,1-3H3,(H,21,27). The van der Waals surface area contributed by atoms with Crippen molar-refractivity contribution in [2.24, 2.45) is 11.0 Å². The van der Waals surface area contributed by atoms with E-state index in [0.29, 0.717) is 16.5 Å². The molecule has 2 heterocycles. The summed E-state index contributed by atoms with van der Waals surface area (Å²) in [5.74, 6) is 0.827. The summed E-state index contributed by atoms with van der Waals surface area (Å²) in [5.41, 5.74) is 3.02. The Morgan fingerprint density at radius 1 is 1.19 bits per heavy atom. The molecule has 0 amide bonds. The van der Waals surface area contributed by atoms with E-state index in [1.165, 1.54) is 6.07 Å². The fourth-order valence-electron chi connectivity index (χ4n) is 3.46. The molecule has 1 aromatic heterocycles. The van der Waals surface area contributed by atoms with Crippen LogP contribution in [0.2, 0.25) is 0 Å². The van der Waals surface area contributed by atoms with Crippen LogP contribution in [0.1, 0.15) is 25.3 Å². The Kier molecular flexibility index (Phi) is 4.22. The second-order valence-corrected chi connectivity index (χ2v) is 7.54. The van der Waals surface area contributed by atoms with Gasteiger partial charge in [-0.05, 0) is 29.7 Å². The summed E-state index contributed by atoms with van der Waals surface area (Å²) in [4.78, 5) is 0. The largest absolute Gasteiger partial charge is 0.508 e. The molecule has 7 nitrogen and oxygen atoms in total. The second kappa shape index (κ2) is 6.45. The quantitative estimate of drug-likeness (QED) is 0.709. The van der Waals surface area contributed by atoms with Crippen molar-refractivity contribution in [3.8, 4) is 22.9 Å². The highest BCUT2D eigenvalue weighted by Crippen LogP contribution is 2.39. The van der Waals surface area contributed by atoms with E-state index in [1.54, 1.807) is 10.6 Å². The Labute approximate surface area is 162 Å². The third-order valence-corrected chi connectivity index (χ3v) is 5.12. The molecule has 1 aliphatic carbocycles. The number of aromatic hydroxyl groups is 2. The predicted octanol–water partition coefficient (Wildman–Crippen LogP) is 3.10. The van der Waals surface area contributed by atoms with Crippen molar-refractivity contribution in [3.63, 3.8) is 0 Å². The molecule has 0 fully saturated rings. The smallest absolute Gasteiger partial charge is 0.193 e. The summed E-state index contributed by atoms with van der Waals surface area (Å²) < 4.78 is 1.77. The van der Waals surface area contributed by atoms with Gasteiger partial charge in [0, 0.05) is 25.6 Å². The van der Waals surface area contributed by atoms with Gasteiger partial charge in [-0.2, -0.15) is 5.10 Å². The van der Waals surface area contributed by atoms with Crippen molar-refractivity contribution in [3.05, 3.63) is 35.9 Å². The molecule has 0 spiro atoms. The molecule has 0 saturated heterocycles. The highest BCUT2D eigenvalue weighted by Gasteiger charge is 2.26. The average Bonchev–Trinajstić information content (AvgIpc) is 3.15. The van der Waals surface area contributed by atoms with Gasteiger partial charge < -0.3 is 10.2 Å². The number of aromatic nitrogens is 3. The number of benzene rings is 1. The zero-order chi connectivity index (χ0) is 19.3. The number of phenols is 2. The highest BCUT2D eigenvalue weighted by atomic mass is 32.1. The van der Waals surface area contributed by atoms with E-state index in [2.05, 4.69) is 34.0 Å². The van der Waals surface area contributed by atoms with Gasteiger partial charge in [0.1, 0.15) is 11.5 Å². The number of nitrogens with zero attached hydrogens (tertiary/aromatic N) is 5. The maximum Gasteiger partial charge on any atom is 0.193 e. The lowest BCUT2D eigenvalue weighted by Crippen LogP contribution is -2.16. The first kappa shape index (κ1) is 17.7. The van der Waals surface area contributed by atoms with Gasteiger partial charge in [-0.1, -0.05) is 19.9 Å². The molecule has 2 aromatic rings. The molecule has 1 unspecified atom stereocenters. The Balaban J connectivity index is 1.85. The molecule has 2 aliphatic rings. The maximum absolute atomic E-state index is 10.4. The lowest BCUT2D eigenvalue weighted by molar-refractivity contribution is 0.376. The third kappa shape index (κ3) is 2.99. The minimum absolute atomic E-state index is 0.0601. The van der Waals surface area contributed by atoms with Crippen molar-refractivity contribution >= 4 is 24.0 Å². The van der Waals surface area contributed by atoms with Crippen LogP contribution in [0.4, 0.5) is 0 Å². The molecular weight excluding hydrogens is 362 g/mol. The van der Waals surface area contributed by atoms with Crippen LogP contribution >= 0.6 is 12.6 Å². The van der Waals surface area contributed by atoms with E-state index < -0.39 is 0 Å². The van der Waals surface area contributed by atoms with Gasteiger partial charge in [-0.3, -0.25) is 9.58 Å². The van der Waals surface area contributed by atoms with Gasteiger partial charge in [0.05, 0.1) is 17.0 Å². The van der Waals surface area contributed by atoms with Crippen molar-refractivity contribution in [1.82, 2.24) is 19.8 Å². The van der Waals surface area contributed by atoms with Crippen molar-refractivity contribution in [2.45, 2.75) is 24.9 Å². The average molecular weight is 383 g/mol. The number of rotatable bonds is 3. The zero-order valence-electron chi connectivity index (χ0n) is 15.3. The molecule has 1 aliphatic heterocycles. The van der Waals surface area contributed by atoms with Gasteiger partial charge >= 0.3 is 0 Å². The van der Waals surface area contributed by atoms with Gasteiger partial charge in [0.25, 0.3) is 0 Å². The Morgan fingerprint density at radius 3 is 2.70 bits per heavy atom. The van der Waals surface area contributed by atoms with E-state index in [0.717, 1.165) is 23.5 Å². The fraction of sp³-hybridized carbons (Fsp3) is 0.316. The molecule has 140 valence electrons. The lowest BCUT2D eigenvalue weighted by Gasteiger charge is -2.17. The third-order valence-electron chi connectivity index (χ3n) is 4.83. The second-order valence-electron chi connectivity index (χ2n) is 7.14. The van der Waals surface area contributed by atoms with E-state index in [9.17, 15) is 10.2 Å². The first-order valence-corrected chi connectivity index (χ1v) is 9.20. The number of thiol groups is 1. The molecule has 1 aromatic carbocycles. The molecule has 2 N–H and O–H groups in total. The molecule has 8 heteroatoms. The molecule has 1 atom stereocenters. The first-order chi connectivity index (χ1) is 12.8. The summed E-state index contributed by atoms with van der Waals surface area (Å²) >= 11 is 4.45. The SMILES string of the molecule is CC(C)c1cc(-c2nnc(S)n2C2=CC3=NN(C)CC3C=C2)c(O)cc1O. The summed E-state index contributed by atoms with van der Waals surface area (Å²) in [7, 11) is 1.95. The molecule has 0 saturated carbocycles. The maximum atomic E-state index is 10.4. The number of hydrogen-bond donors (Lipinski definition) is 3. The predicted molar refractivity (Wildman–Crippen MR) is 107 cm³/mol. The fourth-order valence-corrected chi connectivity index (χ4v) is 3.72. The van der Waals surface area contributed by atoms with Crippen LogP contribution in [0.5, 0.6) is 11.5 Å². The van der Waals surface area contributed by atoms with Gasteiger partial charge in [-0.15, -0.1) is 22.8 Å². The molecule has 0 radical (unpaired) electrons. The van der Waals surface area contributed by atoms with Crippen LogP contribution in [0.3, 0.4) is 0 Å². The number of hydrogen-bond acceptors (Lipinski definition) is 7. The van der Waals surface area contributed by atoms with Crippen LogP contribution in [0.25, 0.3) is 17.1 Å². The highest BCUT2D eigenvalue weighted by molar-refractivity contribution is 7.80. The van der Waals surface area contributed by atoms with E-state index in [4.69, 9.17) is 0 Å². The lowest BCUT2D eigenvalue weighted by atomic mass is 9.97. The normalized spacial score (nSPS) is 18.7. The van der Waals surface area contributed by atoms with E-state index in [-0.39, 0.29) is 23.3 Å². The van der Waals surface area contributed by atoms with Crippen LogP contribution in [-0.4, -0.2) is 49.3 Å². The first-order valence-electron chi connectivity index (χ1n) is 8.75. The summed E-state index contributed by atoms with van der Waals surface area (Å²) in [6.45, 7) is 4.81. The monoisotopic (exact) mass is 383 g/mol. The van der Waals surface area contributed by atoms with Crippen molar-refractivity contribution in [2.75, 3.05) is 13.6 Å². The van der Waals surface area contributed by atoms with Crippen LogP contribution < -0.4 is 0 Å². The number of allylic oxidation sites excluding steroid dienone is 3. The minimum Gasteiger partial charge on any atom is -0.508 e. The van der Waals surface area contributed by atoms with Crippen molar-refractivity contribution < 1.29 is 10.2 Å². The summed E-state index contributed by atoms with van der Waals surface area (Å²) in [6.07, 6.45) is 6.09. The Morgan fingerprint density at radius 2 is 1.96 bits per heavy atom. The van der Waals surface area contributed by atoms with Crippen LogP contribution in [0, 0.1) is 5.92 Å². The van der Waals surface area contributed by atoms with Crippen molar-refractivity contribution in [1.29, 1.82) is 0 Å². The van der Waals surface area contributed by atoms with Gasteiger partial charge in [0.2, 0.25) is 0 Å². The van der Waals surface area contributed by atoms with Gasteiger partial charge in [-0.25, -0.2) is 0 Å². The summed E-state index contributed by atoms with van der Waals surface area (Å²) in [6, 6.07) is 3.10. The number of fused-ring (bicyclic) bond motifs is 1. The molecule has 4 rings (SSSR count). The Hall–Kier alpha value is -2.74. The minimum atomic E-state index is -0.0601. The Bertz CT molecular complexity index is 1010. The van der Waals surface area contributed by atoms with Crippen LogP contribution in [0.15, 0.2) is 40.6 Å². The number of phenolic OH excluding ortho intramolecular Hbond substituents is 2.